The molecule has 0 amide bonds. The van der Waals surface area contributed by atoms with Gasteiger partial charge in [-0.25, -0.2) is 9.59 Å². The van der Waals surface area contributed by atoms with Gasteiger partial charge in [0.25, 0.3) is 0 Å². The molecule has 150 valence electrons. The summed E-state index contributed by atoms with van der Waals surface area (Å²) in [6, 6.07) is 14.7. The summed E-state index contributed by atoms with van der Waals surface area (Å²) >= 11 is 0. The van der Waals surface area contributed by atoms with Crippen molar-refractivity contribution in [2.45, 2.75) is 39.7 Å². The lowest BCUT2D eigenvalue weighted by Crippen LogP contribution is -2.21. The van der Waals surface area contributed by atoms with Gasteiger partial charge in [-0.1, -0.05) is 38.1 Å². The van der Waals surface area contributed by atoms with Crippen LogP contribution >= 0.6 is 0 Å². The van der Waals surface area contributed by atoms with Gasteiger partial charge in [-0.3, -0.25) is 0 Å². The molecule has 0 heterocycles. The number of hydrogen-bond donors (Lipinski definition) is 0. The molecule has 0 spiro atoms. The van der Waals surface area contributed by atoms with Crippen LogP contribution < -0.4 is 0 Å². The normalized spacial score (nSPS) is 11.7. The van der Waals surface area contributed by atoms with Crippen LogP contribution in [0.25, 0.3) is 0 Å². The monoisotopic (exact) mass is 384 g/mol. The summed E-state index contributed by atoms with van der Waals surface area (Å²) in [4.78, 5) is 24.0. The molecule has 28 heavy (non-hydrogen) atoms. The Bertz CT molecular complexity index is 750. The van der Waals surface area contributed by atoms with Crippen molar-refractivity contribution < 1.29 is 23.8 Å². The van der Waals surface area contributed by atoms with Crippen molar-refractivity contribution in [3.63, 3.8) is 0 Å². The molecule has 2 aromatic rings. The van der Waals surface area contributed by atoms with Gasteiger partial charge in [0.15, 0.2) is 0 Å². The van der Waals surface area contributed by atoms with Gasteiger partial charge in [0.05, 0.1) is 23.8 Å². The Hall–Kier alpha value is -2.66. The fraction of sp³-hybridized carbons (Fsp3) is 0.391. The van der Waals surface area contributed by atoms with Gasteiger partial charge < -0.3 is 14.2 Å². The number of benzene rings is 2. The molecule has 0 bridgehead atoms. The van der Waals surface area contributed by atoms with Gasteiger partial charge in [-0.05, 0) is 55.2 Å². The van der Waals surface area contributed by atoms with E-state index in [1.165, 1.54) is 11.1 Å². The van der Waals surface area contributed by atoms with Gasteiger partial charge in [0, 0.05) is 0 Å². The van der Waals surface area contributed by atoms with Crippen LogP contribution in [0.2, 0.25) is 0 Å². The first-order valence-corrected chi connectivity index (χ1v) is 9.67. The fourth-order valence-corrected chi connectivity index (χ4v) is 2.54. The van der Waals surface area contributed by atoms with Crippen LogP contribution in [0.5, 0.6) is 0 Å². The Labute approximate surface area is 166 Å². The topological polar surface area (TPSA) is 61.8 Å². The first kappa shape index (κ1) is 21.6. The summed E-state index contributed by atoms with van der Waals surface area (Å²) in [5, 5.41) is 0. The summed E-state index contributed by atoms with van der Waals surface area (Å²) in [7, 11) is 0. The molecule has 2 rings (SSSR count). The van der Waals surface area contributed by atoms with E-state index < -0.39 is 0 Å². The summed E-state index contributed by atoms with van der Waals surface area (Å²) in [5.41, 5.74) is 3.38. The molecule has 0 aromatic heterocycles. The maximum absolute atomic E-state index is 12.0. The number of rotatable bonds is 10. The molecule has 0 saturated carbocycles. The summed E-state index contributed by atoms with van der Waals surface area (Å²) < 4.78 is 16.0. The van der Waals surface area contributed by atoms with Crippen molar-refractivity contribution in [3.8, 4) is 0 Å². The zero-order valence-electron chi connectivity index (χ0n) is 16.8. The van der Waals surface area contributed by atoms with E-state index in [9.17, 15) is 9.59 Å². The highest BCUT2D eigenvalue weighted by Crippen LogP contribution is 2.08. The van der Waals surface area contributed by atoms with Crippen molar-refractivity contribution in [1.29, 1.82) is 0 Å². The van der Waals surface area contributed by atoms with E-state index in [2.05, 4.69) is 13.8 Å². The van der Waals surface area contributed by atoms with Crippen LogP contribution in [0.3, 0.4) is 0 Å². The summed E-state index contributed by atoms with van der Waals surface area (Å²) in [5.74, 6) is -0.749. The molecule has 1 unspecified atom stereocenters. The molecule has 0 radical (unpaired) electrons. The molecular formula is C23H28O5. The van der Waals surface area contributed by atoms with E-state index in [-0.39, 0.29) is 37.9 Å². The van der Waals surface area contributed by atoms with E-state index in [1.54, 1.807) is 31.2 Å². The van der Waals surface area contributed by atoms with E-state index >= 15 is 0 Å². The number of carbonyl (C=O) groups is 2. The molecule has 5 heteroatoms. The zero-order valence-corrected chi connectivity index (χ0v) is 16.8. The SMILES string of the molecule is CCc1ccc(C(=O)OCCOC(C)COC(=O)c2ccc(CC)cc2)cc1. The van der Waals surface area contributed by atoms with Gasteiger partial charge in [0.2, 0.25) is 0 Å². The summed E-state index contributed by atoms with van der Waals surface area (Å²) in [6.07, 6.45) is 1.56. The molecule has 2 aromatic carbocycles. The molecule has 0 aliphatic heterocycles. The number of hydrogen-bond acceptors (Lipinski definition) is 5. The lowest BCUT2D eigenvalue weighted by atomic mass is 10.1. The number of ether oxygens (including phenoxy) is 3. The second kappa shape index (κ2) is 11.2. The van der Waals surface area contributed by atoms with Crippen molar-refractivity contribution >= 4 is 11.9 Å². The molecule has 5 nitrogen and oxygen atoms in total. The predicted molar refractivity (Wildman–Crippen MR) is 108 cm³/mol. The van der Waals surface area contributed by atoms with Gasteiger partial charge in [0.1, 0.15) is 13.2 Å². The van der Waals surface area contributed by atoms with Crippen LogP contribution in [-0.2, 0) is 27.1 Å². The predicted octanol–water partition coefficient (Wildman–Crippen LogP) is 4.23. The average molecular weight is 384 g/mol. The Morgan fingerprint density at radius 3 is 1.68 bits per heavy atom. The molecule has 0 N–H and O–H groups in total. The Balaban J connectivity index is 1.64. The molecule has 0 aliphatic carbocycles. The highest BCUT2D eigenvalue weighted by atomic mass is 16.6. The second-order valence-corrected chi connectivity index (χ2v) is 6.52. The summed E-state index contributed by atoms with van der Waals surface area (Å²) in [6.45, 7) is 6.45. The van der Waals surface area contributed by atoms with Gasteiger partial charge >= 0.3 is 11.9 Å². The molecule has 0 fully saturated rings. The Kier molecular flexibility index (Phi) is 8.69. The van der Waals surface area contributed by atoms with Crippen molar-refractivity contribution in [3.05, 3.63) is 70.8 Å². The van der Waals surface area contributed by atoms with Crippen LogP contribution in [0, 0.1) is 0 Å². The highest BCUT2D eigenvalue weighted by molar-refractivity contribution is 5.89. The molecular weight excluding hydrogens is 356 g/mol. The van der Waals surface area contributed by atoms with Crippen molar-refractivity contribution in [2.75, 3.05) is 19.8 Å². The van der Waals surface area contributed by atoms with E-state index in [1.807, 2.05) is 24.3 Å². The number of aryl methyl sites for hydroxylation is 2. The van der Waals surface area contributed by atoms with Crippen molar-refractivity contribution in [2.24, 2.45) is 0 Å². The minimum atomic E-state index is -0.375. The number of esters is 2. The van der Waals surface area contributed by atoms with Crippen LogP contribution in [0.15, 0.2) is 48.5 Å². The third-order valence-electron chi connectivity index (χ3n) is 4.36. The lowest BCUT2D eigenvalue weighted by molar-refractivity contribution is -0.0169. The van der Waals surface area contributed by atoms with E-state index in [4.69, 9.17) is 14.2 Å². The zero-order chi connectivity index (χ0) is 20.4. The third-order valence-corrected chi connectivity index (χ3v) is 4.36. The third kappa shape index (κ3) is 6.82. The quantitative estimate of drug-likeness (QED) is 0.453. The van der Waals surface area contributed by atoms with E-state index in [0.29, 0.717) is 11.1 Å². The standard InChI is InChI=1S/C23H28O5/c1-4-18-6-10-20(11-7-18)22(24)27-15-14-26-17(3)16-28-23(25)21-12-8-19(5-2)9-13-21/h6-13,17H,4-5,14-16H2,1-3H3. The van der Waals surface area contributed by atoms with Gasteiger partial charge in [-0.2, -0.15) is 0 Å². The molecule has 1 atom stereocenters. The molecule has 0 aliphatic rings. The second-order valence-electron chi connectivity index (χ2n) is 6.52. The maximum atomic E-state index is 12.0. The highest BCUT2D eigenvalue weighted by Gasteiger charge is 2.11. The first-order valence-electron chi connectivity index (χ1n) is 9.67. The fourth-order valence-electron chi connectivity index (χ4n) is 2.54. The smallest absolute Gasteiger partial charge is 0.338 e. The van der Waals surface area contributed by atoms with Crippen LogP contribution in [0.1, 0.15) is 52.6 Å². The lowest BCUT2D eigenvalue weighted by Gasteiger charge is -2.14. The minimum absolute atomic E-state index is 0.140. The van der Waals surface area contributed by atoms with Crippen LogP contribution in [-0.4, -0.2) is 37.9 Å². The Morgan fingerprint density at radius 1 is 0.750 bits per heavy atom. The van der Waals surface area contributed by atoms with Crippen LogP contribution in [0.4, 0.5) is 0 Å². The van der Waals surface area contributed by atoms with Crippen molar-refractivity contribution in [1.82, 2.24) is 0 Å². The van der Waals surface area contributed by atoms with Gasteiger partial charge in [-0.15, -0.1) is 0 Å². The largest absolute Gasteiger partial charge is 0.460 e. The minimum Gasteiger partial charge on any atom is -0.460 e. The molecule has 0 saturated heterocycles. The van der Waals surface area contributed by atoms with E-state index in [0.717, 1.165) is 12.8 Å². The average Bonchev–Trinajstić information content (AvgIpc) is 2.75. The maximum Gasteiger partial charge on any atom is 0.338 e. The Morgan fingerprint density at radius 2 is 1.21 bits per heavy atom. The first-order chi connectivity index (χ1) is 13.5. The number of carbonyl (C=O) groups excluding carboxylic acids is 2.